The average Bonchev–Trinajstić information content (AvgIpc) is 2.70. The maximum Gasteiger partial charge on any atom is 0.357 e. The number of hydrogen-bond donors (Lipinski definition) is 1. The quantitative estimate of drug-likeness (QED) is 0.635. The molecule has 0 aliphatic carbocycles. The molecule has 0 spiro atoms. The van der Waals surface area contributed by atoms with Gasteiger partial charge in [-0.15, -0.1) is 5.06 Å². The number of unbranched alkanes of at least 4 members (excludes halogenated alkanes) is 2. The normalized spacial score (nSPS) is 10.8. The lowest BCUT2D eigenvalue weighted by Crippen LogP contribution is -2.29. The molecule has 2 aromatic heterocycles. The van der Waals surface area contributed by atoms with E-state index in [0.29, 0.717) is 30.0 Å². The Bertz CT molecular complexity index is 771. The number of carboxylic acids is 1. The molecular weight excluding hydrogens is 346 g/mol. The van der Waals surface area contributed by atoms with Crippen molar-refractivity contribution in [3.8, 4) is 11.4 Å². The first kappa shape index (κ1) is 20.5. The fraction of sp³-hybridized carbons (Fsp3) is 0.400. The third-order valence-corrected chi connectivity index (χ3v) is 4.00. The lowest BCUT2D eigenvalue weighted by Gasteiger charge is -2.20. The predicted octanol–water partition coefficient (Wildman–Crippen LogP) is 3.82. The van der Waals surface area contributed by atoms with Crippen LogP contribution >= 0.6 is 0 Å². The van der Waals surface area contributed by atoms with Crippen molar-refractivity contribution in [3.05, 3.63) is 47.8 Å². The van der Waals surface area contributed by atoms with Crippen molar-refractivity contribution in [1.82, 2.24) is 15.0 Å². The molecule has 0 aromatic carbocycles. The van der Waals surface area contributed by atoms with E-state index in [1.807, 2.05) is 0 Å². The minimum Gasteiger partial charge on any atom is -0.478 e. The van der Waals surface area contributed by atoms with Gasteiger partial charge in [-0.05, 0) is 37.1 Å². The number of pyridine rings is 2. The van der Waals surface area contributed by atoms with Crippen LogP contribution in [0.5, 0.6) is 0 Å². The van der Waals surface area contributed by atoms with Crippen molar-refractivity contribution < 1.29 is 19.5 Å². The van der Waals surface area contributed by atoms with Crippen LogP contribution in [0, 0.1) is 0 Å². The van der Waals surface area contributed by atoms with Crippen LogP contribution < -0.4 is 0 Å². The third-order valence-electron chi connectivity index (χ3n) is 4.00. The van der Waals surface area contributed by atoms with E-state index in [0.717, 1.165) is 25.7 Å². The summed E-state index contributed by atoms with van der Waals surface area (Å²) in [6.45, 7) is 5.57. The maximum absolute atomic E-state index is 12.5. The van der Waals surface area contributed by atoms with Crippen molar-refractivity contribution >= 4 is 11.9 Å². The molecule has 7 nitrogen and oxygen atoms in total. The fourth-order valence-electron chi connectivity index (χ4n) is 2.44. The minimum absolute atomic E-state index is 0.111. The lowest BCUT2D eigenvalue weighted by molar-refractivity contribution is -0.111. The van der Waals surface area contributed by atoms with Crippen LogP contribution in [-0.2, 0) is 4.84 Å². The summed E-state index contributed by atoms with van der Waals surface area (Å²) in [7, 11) is 0. The summed E-state index contributed by atoms with van der Waals surface area (Å²) >= 11 is 0. The summed E-state index contributed by atoms with van der Waals surface area (Å²) < 4.78 is 0. The number of carbonyl (C=O) groups excluding carboxylic acids is 1. The largest absolute Gasteiger partial charge is 0.478 e. The van der Waals surface area contributed by atoms with E-state index in [2.05, 4.69) is 23.8 Å². The summed E-state index contributed by atoms with van der Waals surface area (Å²) in [6.07, 6.45) is 6.83. The molecule has 0 amide bonds. The molecule has 0 bridgehead atoms. The smallest absolute Gasteiger partial charge is 0.357 e. The van der Waals surface area contributed by atoms with E-state index in [1.165, 1.54) is 24.5 Å². The van der Waals surface area contributed by atoms with Gasteiger partial charge >= 0.3 is 11.9 Å². The summed E-state index contributed by atoms with van der Waals surface area (Å²) in [5.41, 5.74) is 1.26. The van der Waals surface area contributed by atoms with Gasteiger partial charge in [0.25, 0.3) is 0 Å². The molecule has 2 rings (SSSR count). The van der Waals surface area contributed by atoms with E-state index in [4.69, 9.17) is 9.94 Å². The molecular formula is C20H25N3O4. The Kier molecular flexibility index (Phi) is 7.88. The third kappa shape index (κ3) is 6.14. The Morgan fingerprint density at radius 3 is 2.00 bits per heavy atom. The Morgan fingerprint density at radius 1 is 0.963 bits per heavy atom. The monoisotopic (exact) mass is 371 g/mol. The molecule has 2 heterocycles. The molecule has 27 heavy (non-hydrogen) atoms. The van der Waals surface area contributed by atoms with Crippen LogP contribution in [0.4, 0.5) is 0 Å². The molecule has 2 aromatic rings. The van der Waals surface area contributed by atoms with E-state index in [1.54, 1.807) is 17.2 Å². The van der Waals surface area contributed by atoms with Crippen LogP contribution in [0.2, 0.25) is 0 Å². The zero-order chi connectivity index (χ0) is 19.6. The van der Waals surface area contributed by atoms with Gasteiger partial charge in [-0.2, -0.15) is 0 Å². The van der Waals surface area contributed by atoms with Gasteiger partial charge in [0.15, 0.2) is 0 Å². The number of aromatic carboxylic acids is 1. The highest BCUT2D eigenvalue weighted by Crippen LogP contribution is 2.18. The van der Waals surface area contributed by atoms with E-state index < -0.39 is 11.9 Å². The second-order valence-electron chi connectivity index (χ2n) is 6.18. The van der Waals surface area contributed by atoms with Crippen molar-refractivity contribution in [2.45, 2.75) is 39.5 Å². The van der Waals surface area contributed by atoms with Crippen LogP contribution in [0.25, 0.3) is 11.4 Å². The molecule has 0 saturated heterocycles. The number of carboxylic acid groups (broad SMARTS) is 1. The summed E-state index contributed by atoms with van der Waals surface area (Å²) in [5.74, 6) is -1.50. The highest BCUT2D eigenvalue weighted by molar-refractivity contribution is 5.91. The number of carbonyl (C=O) groups is 2. The Hall–Kier alpha value is -2.80. The number of hydroxylamine groups is 2. The summed E-state index contributed by atoms with van der Waals surface area (Å²) in [5, 5.41) is 10.8. The SMILES string of the molecule is CCCCN(CCCC)OC(=O)c1ccnc(-c2cc(C(=O)O)ccn2)c1. The standard InChI is InChI=1S/C20H25N3O4/c1-3-5-11-23(12-6-4-2)27-20(26)16-8-10-22-18(14-16)17-13-15(19(24)25)7-9-21-17/h7-10,13-14H,3-6,11-12H2,1-2H3,(H,24,25). The topological polar surface area (TPSA) is 92.6 Å². The first-order valence-corrected chi connectivity index (χ1v) is 9.18. The lowest BCUT2D eigenvalue weighted by atomic mass is 10.1. The van der Waals surface area contributed by atoms with Gasteiger partial charge in [0, 0.05) is 25.5 Å². The van der Waals surface area contributed by atoms with Gasteiger partial charge in [-0.3, -0.25) is 9.97 Å². The van der Waals surface area contributed by atoms with Crippen molar-refractivity contribution in [1.29, 1.82) is 0 Å². The molecule has 0 fully saturated rings. The Morgan fingerprint density at radius 2 is 1.48 bits per heavy atom. The van der Waals surface area contributed by atoms with Gasteiger partial charge < -0.3 is 9.94 Å². The molecule has 0 aliphatic rings. The molecule has 0 saturated carbocycles. The molecule has 0 atom stereocenters. The number of nitrogens with zero attached hydrogens (tertiary/aromatic N) is 3. The van der Waals surface area contributed by atoms with Gasteiger partial charge in [-0.25, -0.2) is 9.59 Å². The van der Waals surface area contributed by atoms with Crippen LogP contribution in [0.1, 0.15) is 60.2 Å². The second kappa shape index (κ2) is 10.4. The van der Waals surface area contributed by atoms with Crippen LogP contribution in [-0.4, -0.2) is 45.2 Å². The molecule has 1 N–H and O–H groups in total. The molecule has 7 heteroatoms. The first-order chi connectivity index (χ1) is 13.0. The molecule has 0 aliphatic heterocycles. The van der Waals surface area contributed by atoms with Gasteiger partial charge in [-0.1, -0.05) is 26.7 Å². The minimum atomic E-state index is -1.04. The van der Waals surface area contributed by atoms with Crippen LogP contribution in [0.3, 0.4) is 0 Å². The van der Waals surface area contributed by atoms with Gasteiger partial charge in [0.2, 0.25) is 0 Å². The average molecular weight is 371 g/mol. The van der Waals surface area contributed by atoms with E-state index in [9.17, 15) is 9.59 Å². The fourth-order valence-corrected chi connectivity index (χ4v) is 2.44. The van der Waals surface area contributed by atoms with Crippen molar-refractivity contribution in [3.63, 3.8) is 0 Å². The predicted molar refractivity (Wildman–Crippen MR) is 101 cm³/mol. The number of aromatic nitrogens is 2. The first-order valence-electron chi connectivity index (χ1n) is 9.18. The zero-order valence-electron chi connectivity index (χ0n) is 15.7. The molecule has 144 valence electrons. The van der Waals surface area contributed by atoms with E-state index in [-0.39, 0.29) is 5.56 Å². The van der Waals surface area contributed by atoms with Crippen molar-refractivity contribution in [2.75, 3.05) is 13.1 Å². The number of hydrogen-bond acceptors (Lipinski definition) is 6. The summed E-state index contributed by atoms with van der Waals surface area (Å²) in [4.78, 5) is 37.5. The zero-order valence-corrected chi connectivity index (χ0v) is 15.7. The Balaban J connectivity index is 2.16. The molecule has 0 radical (unpaired) electrons. The van der Waals surface area contributed by atoms with Gasteiger partial charge in [0.05, 0.1) is 22.5 Å². The van der Waals surface area contributed by atoms with Crippen molar-refractivity contribution in [2.24, 2.45) is 0 Å². The number of rotatable bonds is 10. The van der Waals surface area contributed by atoms with E-state index >= 15 is 0 Å². The maximum atomic E-state index is 12.5. The summed E-state index contributed by atoms with van der Waals surface area (Å²) in [6, 6.07) is 5.97. The molecule has 0 unspecified atom stereocenters. The Labute approximate surface area is 159 Å². The highest BCUT2D eigenvalue weighted by Gasteiger charge is 2.15. The van der Waals surface area contributed by atoms with Gasteiger partial charge in [0.1, 0.15) is 0 Å². The highest BCUT2D eigenvalue weighted by atomic mass is 16.7. The second-order valence-corrected chi connectivity index (χ2v) is 6.18. The van der Waals surface area contributed by atoms with Crippen LogP contribution in [0.15, 0.2) is 36.7 Å².